The Morgan fingerprint density at radius 2 is 1.07 bits per heavy atom. The van der Waals surface area contributed by atoms with Crippen LogP contribution in [0, 0.1) is 0 Å². The van der Waals surface area contributed by atoms with E-state index >= 15 is 0 Å². The summed E-state index contributed by atoms with van der Waals surface area (Å²) in [6.45, 7) is 6.81. The first kappa shape index (κ1) is 15.7. The lowest BCUT2D eigenvalue weighted by atomic mass is 10.2. The van der Waals surface area contributed by atoms with E-state index < -0.39 is 0 Å². The van der Waals surface area contributed by atoms with Crippen molar-refractivity contribution in [2.75, 3.05) is 14.1 Å². The van der Waals surface area contributed by atoms with Crippen molar-refractivity contribution in [3.8, 4) is 0 Å². The molecule has 0 spiro atoms. The molecular weight excluding hydrogens is 180 g/mol. The monoisotopic (exact) mass is 202 g/mol. The van der Waals surface area contributed by atoms with Crippen molar-refractivity contribution in [2.45, 2.75) is 39.8 Å². The molecule has 0 heterocycles. The highest BCUT2D eigenvalue weighted by Gasteiger charge is 2.00. The smallest absolute Gasteiger partial charge is 0.146 e. The Kier molecular flexibility index (Phi) is 9.93. The van der Waals surface area contributed by atoms with E-state index in [1.165, 1.54) is 0 Å². The van der Waals surface area contributed by atoms with E-state index in [0.29, 0.717) is 0 Å². The van der Waals surface area contributed by atoms with Gasteiger partial charge in [0, 0.05) is 0 Å². The summed E-state index contributed by atoms with van der Waals surface area (Å²) in [4.78, 5) is 20.6. The molecule has 0 fully saturated rings. The number of rotatable bonds is 4. The minimum Gasteiger partial charge on any atom is -0.311 e. The van der Waals surface area contributed by atoms with Crippen molar-refractivity contribution < 1.29 is 9.59 Å². The molecule has 0 aliphatic rings. The van der Waals surface area contributed by atoms with Crippen LogP contribution in [-0.2, 0) is 9.59 Å². The molecule has 0 bridgehead atoms. The van der Waals surface area contributed by atoms with Gasteiger partial charge in [-0.25, -0.2) is 0 Å². The highest BCUT2D eigenvalue weighted by molar-refractivity contribution is 5.81. The number of carbonyl (C=O) groups excluding carboxylic acids is 2. The topological polar surface area (TPSA) is 58.2 Å². The molecule has 0 aromatic heterocycles. The number of hydrogen-bond acceptors (Lipinski definition) is 4. The van der Waals surface area contributed by atoms with Gasteiger partial charge < -0.3 is 10.6 Å². The van der Waals surface area contributed by atoms with Crippen LogP contribution in [0.15, 0.2) is 0 Å². The summed E-state index contributed by atoms with van der Waals surface area (Å²) in [6, 6.07) is 0.0278. The maximum atomic E-state index is 10.3. The Balaban J connectivity index is 0. The molecule has 2 atom stereocenters. The zero-order valence-electron chi connectivity index (χ0n) is 9.97. The first-order valence-corrected chi connectivity index (χ1v) is 4.72. The van der Waals surface area contributed by atoms with E-state index in [9.17, 15) is 9.59 Å². The van der Waals surface area contributed by atoms with Crippen LogP contribution in [0.1, 0.15) is 27.7 Å². The number of likely N-dealkylation sites (N-methyl/N-ethyl adjacent to an activating group) is 2. The number of carbonyl (C=O) groups is 2. The third-order valence-electron chi connectivity index (χ3n) is 2.09. The summed E-state index contributed by atoms with van der Waals surface area (Å²) < 4.78 is 0. The van der Waals surface area contributed by atoms with E-state index in [4.69, 9.17) is 0 Å². The van der Waals surface area contributed by atoms with Gasteiger partial charge in [-0.1, -0.05) is 0 Å². The fraction of sp³-hybridized carbons (Fsp3) is 0.800. The lowest BCUT2D eigenvalue weighted by Gasteiger charge is -2.01. The van der Waals surface area contributed by atoms with Gasteiger partial charge >= 0.3 is 0 Å². The van der Waals surface area contributed by atoms with Crippen LogP contribution in [0.4, 0.5) is 0 Å². The van der Waals surface area contributed by atoms with Gasteiger partial charge in [0.15, 0.2) is 0 Å². The van der Waals surface area contributed by atoms with Gasteiger partial charge in [0.05, 0.1) is 12.1 Å². The van der Waals surface area contributed by atoms with Gasteiger partial charge in [0.25, 0.3) is 0 Å². The maximum absolute atomic E-state index is 10.3. The van der Waals surface area contributed by atoms with E-state index in [1.54, 1.807) is 27.9 Å². The highest BCUT2D eigenvalue weighted by Crippen LogP contribution is 1.78. The predicted molar refractivity (Wildman–Crippen MR) is 58.4 cm³/mol. The van der Waals surface area contributed by atoms with Crippen LogP contribution in [-0.4, -0.2) is 37.7 Å². The molecule has 0 aromatic rings. The van der Waals surface area contributed by atoms with Crippen LogP contribution in [0.3, 0.4) is 0 Å². The fourth-order valence-electron chi connectivity index (χ4n) is 0.407. The molecule has 0 unspecified atom stereocenters. The Morgan fingerprint density at radius 3 is 1.07 bits per heavy atom. The van der Waals surface area contributed by atoms with Crippen LogP contribution in [0.2, 0.25) is 0 Å². The fourth-order valence-corrected chi connectivity index (χ4v) is 0.407. The number of hydrogen-bond donors (Lipinski definition) is 2. The molecule has 0 saturated carbocycles. The second-order valence-corrected chi connectivity index (χ2v) is 3.24. The SMILES string of the molecule is CN[C@@H](C)C(C)=O.CN[C@H](C)C(C)=O. The number of Topliss-reactive ketones (excluding diaryl/α,β-unsaturated/α-hetero) is 2. The summed E-state index contributed by atoms with van der Waals surface area (Å²) in [5, 5.41) is 5.63. The van der Waals surface area contributed by atoms with E-state index in [2.05, 4.69) is 10.6 Å². The lowest BCUT2D eigenvalue weighted by molar-refractivity contribution is -0.119. The van der Waals surface area contributed by atoms with Crippen molar-refractivity contribution in [3.05, 3.63) is 0 Å². The summed E-state index contributed by atoms with van der Waals surface area (Å²) in [5.41, 5.74) is 0. The van der Waals surface area contributed by atoms with Crippen molar-refractivity contribution in [1.29, 1.82) is 0 Å². The Bertz CT molecular complexity index is 161. The average Bonchev–Trinajstić information content (AvgIpc) is 2.15. The highest BCUT2D eigenvalue weighted by atomic mass is 16.1. The van der Waals surface area contributed by atoms with Crippen LogP contribution >= 0.6 is 0 Å². The van der Waals surface area contributed by atoms with Gasteiger partial charge in [-0.3, -0.25) is 9.59 Å². The maximum Gasteiger partial charge on any atom is 0.146 e. The van der Waals surface area contributed by atoms with Gasteiger partial charge in [-0.05, 0) is 41.8 Å². The summed E-state index contributed by atoms with van der Waals surface area (Å²) in [5.74, 6) is 0.366. The Labute approximate surface area is 86.5 Å². The molecule has 0 rings (SSSR count). The van der Waals surface area contributed by atoms with Crippen molar-refractivity contribution in [1.82, 2.24) is 10.6 Å². The third-order valence-corrected chi connectivity index (χ3v) is 2.09. The van der Waals surface area contributed by atoms with Crippen LogP contribution in [0.5, 0.6) is 0 Å². The van der Waals surface area contributed by atoms with E-state index in [1.807, 2.05) is 13.8 Å². The minimum absolute atomic E-state index is 0.0139. The molecule has 14 heavy (non-hydrogen) atoms. The number of ketones is 2. The molecule has 0 saturated heterocycles. The van der Waals surface area contributed by atoms with E-state index in [-0.39, 0.29) is 23.7 Å². The average molecular weight is 202 g/mol. The normalized spacial score (nSPS) is 13.6. The molecule has 0 amide bonds. The molecule has 4 nitrogen and oxygen atoms in total. The van der Waals surface area contributed by atoms with Gasteiger partial charge in [0.2, 0.25) is 0 Å². The molecule has 0 radical (unpaired) electrons. The summed E-state index contributed by atoms with van der Waals surface area (Å²) >= 11 is 0. The van der Waals surface area contributed by atoms with Crippen molar-refractivity contribution >= 4 is 11.6 Å². The molecule has 4 heteroatoms. The Hall–Kier alpha value is -0.740. The first-order chi connectivity index (χ1) is 6.36. The van der Waals surface area contributed by atoms with Gasteiger partial charge in [0.1, 0.15) is 11.6 Å². The zero-order chi connectivity index (χ0) is 11.7. The Morgan fingerprint density at radius 1 is 0.857 bits per heavy atom. The largest absolute Gasteiger partial charge is 0.311 e. The second-order valence-electron chi connectivity index (χ2n) is 3.24. The van der Waals surface area contributed by atoms with Crippen molar-refractivity contribution in [2.24, 2.45) is 0 Å². The molecule has 0 aromatic carbocycles. The molecule has 2 N–H and O–H groups in total. The molecule has 0 aliphatic carbocycles. The molecule has 0 aliphatic heterocycles. The quantitative estimate of drug-likeness (QED) is 0.691. The third kappa shape index (κ3) is 9.35. The zero-order valence-corrected chi connectivity index (χ0v) is 9.97. The standard InChI is InChI=1S/2C5H11NO/c2*1-4(6-3)5(2)7/h2*4,6H,1-3H3/t2*4-/m10/s1. The molecular formula is C10H22N2O2. The molecule has 84 valence electrons. The van der Waals surface area contributed by atoms with Crippen LogP contribution in [0.25, 0.3) is 0 Å². The number of nitrogens with one attached hydrogen (secondary N) is 2. The summed E-state index contributed by atoms with van der Waals surface area (Å²) in [7, 11) is 3.54. The lowest BCUT2D eigenvalue weighted by Crippen LogP contribution is -2.28. The van der Waals surface area contributed by atoms with E-state index in [0.717, 1.165) is 0 Å². The first-order valence-electron chi connectivity index (χ1n) is 4.72. The van der Waals surface area contributed by atoms with Crippen molar-refractivity contribution in [3.63, 3.8) is 0 Å². The van der Waals surface area contributed by atoms with Gasteiger partial charge in [-0.15, -0.1) is 0 Å². The van der Waals surface area contributed by atoms with Gasteiger partial charge in [-0.2, -0.15) is 0 Å². The predicted octanol–water partition coefficient (Wildman–Crippen LogP) is 0.367. The van der Waals surface area contributed by atoms with Crippen LogP contribution < -0.4 is 10.6 Å². The second kappa shape index (κ2) is 8.84. The summed E-state index contributed by atoms with van der Waals surface area (Å²) in [6.07, 6.45) is 0. The minimum atomic E-state index is 0.0139.